The highest BCUT2D eigenvalue weighted by molar-refractivity contribution is 7.09. The van der Waals surface area contributed by atoms with Gasteiger partial charge in [-0.2, -0.15) is 4.98 Å². The van der Waals surface area contributed by atoms with Crippen molar-refractivity contribution in [2.45, 2.75) is 25.3 Å². The summed E-state index contributed by atoms with van der Waals surface area (Å²) in [4.78, 5) is 15.3. The molecule has 1 N–H and O–H groups in total. The molecule has 1 fully saturated rings. The molecule has 2 aromatic rings. The Morgan fingerprint density at radius 1 is 1.41 bits per heavy atom. The van der Waals surface area contributed by atoms with E-state index < -0.39 is 0 Å². The molecular formula is C15H21N5OS. The number of anilines is 2. The molecule has 118 valence electrons. The van der Waals surface area contributed by atoms with Gasteiger partial charge in [0.05, 0.1) is 17.7 Å². The summed E-state index contributed by atoms with van der Waals surface area (Å²) in [5.41, 5.74) is 0. The molecule has 0 radical (unpaired) electrons. The highest BCUT2D eigenvalue weighted by Crippen LogP contribution is 2.15. The summed E-state index contributed by atoms with van der Waals surface area (Å²) in [6, 6.07) is 2.25. The van der Waals surface area contributed by atoms with Crippen molar-refractivity contribution in [2.24, 2.45) is 0 Å². The summed E-state index contributed by atoms with van der Waals surface area (Å²) in [5.74, 6) is 1.60. The van der Waals surface area contributed by atoms with Crippen LogP contribution in [0.1, 0.15) is 17.8 Å². The molecule has 0 unspecified atom stereocenters. The van der Waals surface area contributed by atoms with Gasteiger partial charge < -0.3 is 15.0 Å². The first-order valence-electron chi connectivity index (χ1n) is 7.58. The average Bonchev–Trinajstić information content (AvgIpc) is 3.07. The molecule has 0 amide bonds. The fourth-order valence-corrected chi connectivity index (χ4v) is 3.03. The normalized spacial score (nSPS) is 18.1. The molecule has 3 heterocycles. The molecule has 1 aliphatic heterocycles. The third-order valence-electron chi connectivity index (χ3n) is 3.64. The number of hydrogen-bond acceptors (Lipinski definition) is 7. The van der Waals surface area contributed by atoms with Crippen LogP contribution >= 0.6 is 11.3 Å². The number of nitrogens with zero attached hydrogens (tertiary/aromatic N) is 4. The van der Waals surface area contributed by atoms with Gasteiger partial charge >= 0.3 is 0 Å². The fourth-order valence-electron chi connectivity index (χ4n) is 2.42. The molecule has 7 heteroatoms. The van der Waals surface area contributed by atoms with Crippen LogP contribution in [0.25, 0.3) is 0 Å². The predicted molar refractivity (Wildman–Crippen MR) is 88.6 cm³/mol. The smallest absolute Gasteiger partial charge is 0.227 e. The standard InChI is InChI=1S/C15H21N5OS/c1-20(8-5-14-16-7-10-22-14)15-17-6-4-13(19-15)18-12-3-2-9-21-11-12/h4,6-7,10,12H,2-3,5,8-9,11H2,1H3,(H,17,18,19)/t12-/m1/s1. The minimum Gasteiger partial charge on any atom is -0.379 e. The molecule has 1 atom stereocenters. The van der Waals surface area contributed by atoms with Gasteiger partial charge in [-0.3, -0.25) is 0 Å². The summed E-state index contributed by atoms with van der Waals surface area (Å²) in [7, 11) is 2.01. The number of nitrogens with one attached hydrogen (secondary N) is 1. The van der Waals surface area contributed by atoms with E-state index in [2.05, 4.69) is 25.2 Å². The Morgan fingerprint density at radius 2 is 2.36 bits per heavy atom. The van der Waals surface area contributed by atoms with Crippen molar-refractivity contribution in [3.8, 4) is 0 Å². The molecule has 2 aromatic heterocycles. The SMILES string of the molecule is CN(CCc1nccs1)c1nccc(N[C@@H]2CCCOC2)n1. The number of likely N-dealkylation sites (N-methyl/N-ethyl adjacent to an activating group) is 1. The Labute approximate surface area is 134 Å². The van der Waals surface area contributed by atoms with Crippen LogP contribution in [-0.4, -0.2) is 47.8 Å². The van der Waals surface area contributed by atoms with Gasteiger partial charge in [-0.25, -0.2) is 9.97 Å². The quantitative estimate of drug-likeness (QED) is 0.881. The van der Waals surface area contributed by atoms with E-state index in [9.17, 15) is 0 Å². The average molecular weight is 319 g/mol. The molecule has 0 bridgehead atoms. The first kappa shape index (κ1) is 15.2. The van der Waals surface area contributed by atoms with E-state index in [0.717, 1.165) is 55.8 Å². The van der Waals surface area contributed by atoms with Gasteiger partial charge in [-0.05, 0) is 18.9 Å². The van der Waals surface area contributed by atoms with Gasteiger partial charge in [0, 0.05) is 44.4 Å². The predicted octanol–water partition coefficient (Wildman–Crippen LogP) is 2.20. The first-order valence-corrected chi connectivity index (χ1v) is 8.46. The minimum absolute atomic E-state index is 0.345. The van der Waals surface area contributed by atoms with Gasteiger partial charge in [0.15, 0.2) is 0 Å². The van der Waals surface area contributed by atoms with E-state index in [1.807, 2.05) is 24.7 Å². The summed E-state index contributed by atoms with van der Waals surface area (Å²) in [5, 5.41) is 6.57. The van der Waals surface area contributed by atoms with E-state index in [4.69, 9.17) is 4.74 Å². The summed E-state index contributed by atoms with van der Waals surface area (Å²) >= 11 is 1.68. The molecule has 0 spiro atoms. The molecular weight excluding hydrogens is 298 g/mol. The maximum Gasteiger partial charge on any atom is 0.227 e. The largest absolute Gasteiger partial charge is 0.379 e. The van der Waals surface area contributed by atoms with Crippen molar-refractivity contribution in [3.63, 3.8) is 0 Å². The lowest BCUT2D eigenvalue weighted by Crippen LogP contribution is -2.30. The van der Waals surface area contributed by atoms with Crippen LogP contribution in [0.4, 0.5) is 11.8 Å². The van der Waals surface area contributed by atoms with Crippen molar-refractivity contribution in [1.82, 2.24) is 15.0 Å². The van der Waals surface area contributed by atoms with E-state index in [1.54, 1.807) is 17.5 Å². The lowest BCUT2D eigenvalue weighted by atomic mass is 10.1. The third kappa shape index (κ3) is 4.14. The van der Waals surface area contributed by atoms with Gasteiger partial charge in [-0.15, -0.1) is 11.3 Å². The van der Waals surface area contributed by atoms with Gasteiger partial charge in [-0.1, -0.05) is 0 Å². The lowest BCUT2D eigenvalue weighted by molar-refractivity contribution is 0.0875. The second-order valence-corrected chi connectivity index (χ2v) is 6.38. The Kier molecular flexibility index (Phi) is 5.18. The Hall–Kier alpha value is -1.73. The van der Waals surface area contributed by atoms with Crippen LogP contribution in [0.3, 0.4) is 0 Å². The molecule has 0 aromatic carbocycles. The van der Waals surface area contributed by atoms with Crippen molar-refractivity contribution >= 4 is 23.1 Å². The topological polar surface area (TPSA) is 63.2 Å². The second kappa shape index (κ2) is 7.51. The fraction of sp³-hybridized carbons (Fsp3) is 0.533. The second-order valence-electron chi connectivity index (χ2n) is 5.40. The molecule has 1 aliphatic rings. The van der Waals surface area contributed by atoms with E-state index in [1.165, 1.54) is 0 Å². The molecule has 1 saturated heterocycles. The Morgan fingerprint density at radius 3 is 3.14 bits per heavy atom. The van der Waals surface area contributed by atoms with Crippen molar-refractivity contribution < 1.29 is 4.74 Å². The Balaban J connectivity index is 1.57. The first-order chi connectivity index (χ1) is 10.8. The summed E-state index contributed by atoms with van der Waals surface area (Å²) in [6.45, 7) is 2.47. The van der Waals surface area contributed by atoms with E-state index in [0.29, 0.717) is 6.04 Å². The highest BCUT2D eigenvalue weighted by Gasteiger charge is 2.14. The molecule has 0 aliphatic carbocycles. The van der Waals surface area contributed by atoms with Crippen molar-refractivity contribution in [3.05, 3.63) is 28.8 Å². The zero-order chi connectivity index (χ0) is 15.2. The van der Waals surface area contributed by atoms with Crippen LogP contribution < -0.4 is 10.2 Å². The summed E-state index contributed by atoms with van der Waals surface area (Å²) in [6.07, 6.45) is 6.77. The van der Waals surface area contributed by atoms with Crippen molar-refractivity contribution in [2.75, 3.05) is 37.0 Å². The van der Waals surface area contributed by atoms with E-state index in [-0.39, 0.29) is 0 Å². The van der Waals surface area contributed by atoms with Gasteiger partial charge in [0.2, 0.25) is 5.95 Å². The van der Waals surface area contributed by atoms with Crippen molar-refractivity contribution in [1.29, 1.82) is 0 Å². The van der Waals surface area contributed by atoms with Crippen LogP contribution in [0.5, 0.6) is 0 Å². The van der Waals surface area contributed by atoms with E-state index >= 15 is 0 Å². The molecule has 3 rings (SSSR count). The molecule has 22 heavy (non-hydrogen) atoms. The third-order valence-corrected chi connectivity index (χ3v) is 4.48. The zero-order valence-corrected chi connectivity index (χ0v) is 13.6. The number of rotatable bonds is 6. The number of thiazole rings is 1. The molecule has 0 saturated carbocycles. The van der Waals surface area contributed by atoms with Gasteiger partial charge in [0.1, 0.15) is 5.82 Å². The highest BCUT2D eigenvalue weighted by atomic mass is 32.1. The zero-order valence-electron chi connectivity index (χ0n) is 12.7. The van der Waals surface area contributed by atoms with Crippen LogP contribution in [0, 0.1) is 0 Å². The maximum absolute atomic E-state index is 5.49. The number of ether oxygens (including phenoxy) is 1. The molecule has 6 nitrogen and oxygen atoms in total. The van der Waals surface area contributed by atoms with Crippen LogP contribution in [-0.2, 0) is 11.2 Å². The summed E-state index contributed by atoms with van der Waals surface area (Å²) < 4.78 is 5.49. The monoisotopic (exact) mass is 319 g/mol. The number of aromatic nitrogens is 3. The van der Waals surface area contributed by atoms with Crippen LogP contribution in [0.2, 0.25) is 0 Å². The Bertz CT molecular complexity index is 571. The van der Waals surface area contributed by atoms with Crippen LogP contribution in [0.15, 0.2) is 23.8 Å². The van der Waals surface area contributed by atoms with Gasteiger partial charge in [0.25, 0.3) is 0 Å². The minimum atomic E-state index is 0.345. The lowest BCUT2D eigenvalue weighted by Gasteiger charge is -2.24. The maximum atomic E-state index is 5.49. The number of hydrogen-bond donors (Lipinski definition) is 1.